The standard InChI is InChI=1S/2C6H7N.C3H8.C2H6/c1-6-2-4-7-5-3-6;1-6-3-2-4-7-5-6;1-3-2;1-2/h2*2-5H,1H3;3H2,1-2H3;1-2H3. The zero-order valence-electron chi connectivity index (χ0n) is 13.2. The van der Waals surface area contributed by atoms with Crippen molar-refractivity contribution >= 4 is 0 Å². The second-order valence-corrected chi connectivity index (χ2v) is 3.76. The highest BCUT2D eigenvalue weighted by molar-refractivity contribution is 5.05. The van der Waals surface area contributed by atoms with Crippen LogP contribution in [-0.2, 0) is 0 Å². The molecule has 0 saturated heterocycles. The molecule has 0 aliphatic heterocycles. The lowest BCUT2D eigenvalue weighted by Gasteiger charge is -1.82. The van der Waals surface area contributed by atoms with Crippen molar-refractivity contribution in [1.82, 2.24) is 9.97 Å². The average molecular weight is 260 g/mol. The topological polar surface area (TPSA) is 25.8 Å². The molecule has 0 bridgehead atoms. The predicted molar refractivity (Wildman–Crippen MR) is 85.3 cm³/mol. The van der Waals surface area contributed by atoms with Gasteiger partial charge in [0.25, 0.3) is 0 Å². The van der Waals surface area contributed by atoms with Gasteiger partial charge in [0.15, 0.2) is 0 Å². The second-order valence-electron chi connectivity index (χ2n) is 3.76. The summed E-state index contributed by atoms with van der Waals surface area (Å²) in [7, 11) is 0. The maximum atomic E-state index is 3.88. The van der Waals surface area contributed by atoms with Crippen LogP contribution in [0.1, 0.15) is 45.2 Å². The van der Waals surface area contributed by atoms with Gasteiger partial charge >= 0.3 is 0 Å². The number of hydrogen-bond acceptors (Lipinski definition) is 2. The van der Waals surface area contributed by atoms with Crippen molar-refractivity contribution in [3.05, 3.63) is 60.2 Å². The predicted octanol–water partition coefficient (Wildman–Crippen LogP) is 5.22. The molecule has 0 aliphatic carbocycles. The molecule has 0 aromatic carbocycles. The van der Waals surface area contributed by atoms with Gasteiger partial charge in [-0.2, -0.15) is 0 Å². The third-order valence-electron chi connectivity index (χ3n) is 1.66. The number of aromatic nitrogens is 2. The van der Waals surface area contributed by atoms with Gasteiger partial charge in [0.2, 0.25) is 0 Å². The van der Waals surface area contributed by atoms with Gasteiger partial charge in [0, 0.05) is 24.8 Å². The zero-order chi connectivity index (χ0) is 14.9. The Kier molecular flexibility index (Phi) is 16.8. The summed E-state index contributed by atoms with van der Waals surface area (Å²) in [6, 6.07) is 7.89. The molecule has 0 radical (unpaired) electrons. The van der Waals surface area contributed by atoms with E-state index in [4.69, 9.17) is 0 Å². The summed E-state index contributed by atoms with van der Waals surface area (Å²) >= 11 is 0. The molecule has 0 fully saturated rings. The first-order chi connectivity index (χ1) is 9.20. The van der Waals surface area contributed by atoms with Crippen LogP contribution in [0.15, 0.2) is 49.1 Å². The summed E-state index contributed by atoms with van der Waals surface area (Å²) in [6.07, 6.45) is 8.43. The van der Waals surface area contributed by atoms with E-state index >= 15 is 0 Å². The molecular formula is C17H28N2. The smallest absolute Gasteiger partial charge is 0.0297 e. The van der Waals surface area contributed by atoms with Crippen molar-refractivity contribution in [2.24, 2.45) is 0 Å². The second kappa shape index (κ2) is 16.3. The van der Waals surface area contributed by atoms with Crippen LogP contribution in [0.3, 0.4) is 0 Å². The Bertz CT molecular complexity index is 320. The summed E-state index contributed by atoms with van der Waals surface area (Å²) in [4.78, 5) is 7.73. The van der Waals surface area contributed by atoms with Crippen molar-refractivity contribution in [1.29, 1.82) is 0 Å². The fraction of sp³-hybridized carbons (Fsp3) is 0.412. The van der Waals surface area contributed by atoms with Crippen LogP contribution in [-0.4, -0.2) is 9.97 Å². The lowest BCUT2D eigenvalue weighted by atomic mass is 10.3. The highest BCUT2D eigenvalue weighted by atomic mass is 14.6. The van der Waals surface area contributed by atoms with Crippen LogP contribution in [0.2, 0.25) is 0 Å². The number of rotatable bonds is 0. The molecule has 0 unspecified atom stereocenters. The Balaban J connectivity index is 0. The first-order valence-corrected chi connectivity index (χ1v) is 6.94. The number of aryl methyl sites for hydroxylation is 2. The van der Waals surface area contributed by atoms with Crippen molar-refractivity contribution in [2.45, 2.75) is 48.0 Å². The highest BCUT2D eigenvalue weighted by Gasteiger charge is 1.73. The third-order valence-corrected chi connectivity index (χ3v) is 1.66. The summed E-state index contributed by atoms with van der Waals surface area (Å²) in [5, 5.41) is 0. The molecule has 2 nitrogen and oxygen atoms in total. The maximum Gasteiger partial charge on any atom is 0.0297 e. The average Bonchev–Trinajstić information content (AvgIpc) is 2.44. The van der Waals surface area contributed by atoms with Crippen molar-refractivity contribution in [3.63, 3.8) is 0 Å². The Hall–Kier alpha value is -1.70. The van der Waals surface area contributed by atoms with Crippen LogP contribution < -0.4 is 0 Å². The molecule has 0 spiro atoms. The molecule has 2 aromatic heterocycles. The van der Waals surface area contributed by atoms with E-state index in [-0.39, 0.29) is 0 Å². The highest BCUT2D eigenvalue weighted by Crippen LogP contribution is 1.89. The summed E-state index contributed by atoms with van der Waals surface area (Å²) in [5.41, 5.74) is 2.47. The summed E-state index contributed by atoms with van der Waals surface area (Å²) < 4.78 is 0. The molecule has 106 valence electrons. The van der Waals surface area contributed by atoms with E-state index in [2.05, 4.69) is 23.8 Å². The normalized spacial score (nSPS) is 7.68. The van der Waals surface area contributed by atoms with E-state index < -0.39 is 0 Å². The molecule has 2 heterocycles. The fourth-order valence-corrected chi connectivity index (χ4v) is 0.875. The van der Waals surface area contributed by atoms with E-state index in [1.54, 1.807) is 18.6 Å². The summed E-state index contributed by atoms with van der Waals surface area (Å²) in [5.74, 6) is 0. The molecule has 2 aromatic rings. The lowest BCUT2D eigenvalue weighted by molar-refractivity contribution is 1.09. The van der Waals surface area contributed by atoms with E-state index in [1.807, 2.05) is 58.2 Å². The molecule has 2 heteroatoms. The molecular weight excluding hydrogens is 232 g/mol. The fourth-order valence-electron chi connectivity index (χ4n) is 0.875. The van der Waals surface area contributed by atoms with Crippen molar-refractivity contribution < 1.29 is 0 Å². The number of pyridine rings is 2. The van der Waals surface area contributed by atoms with Gasteiger partial charge in [0.1, 0.15) is 0 Å². The van der Waals surface area contributed by atoms with Crippen LogP contribution in [0.4, 0.5) is 0 Å². The first-order valence-electron chi connectivity index (χ1n) is 6.94. The van der Waals surface area contributed by atoms with E-state index in [9.17, 15) is 0 Å². The van der Waals surface area contributed by atoms with Gasteiger partial charge in [-0.3, -0.25) is 9.97 Å². The Morgan fingerprint density at radius 3 is 1.53 bits per heavy atom. The number of nitrogens with zero attached hydrogens (tertiary/aromatic N) is 2. The minimum absolute atomic E-state index is 1.21. The van der Waals surface area contributed by atoms with E-state index in [0.717, 1.165) is 0 Å². The maximum absolute atomic E-state index is 3.88. The van der Waals surface area contributed by atoms with Gasteiger partial charge in [-0.1, -0.05) is 40.2 Å². The van der Waals surface area contributed by atoms with Crippen LogP contribution in [0.25, 0.3) is 0 Å². The molecule has 0 atom stereocenters. The monoisotopic (exact) mass is 260 g/mol. The van der Waals surface area contributed by atoms with Crippen LogP contribution in [0.5, 0.6) is 0 Å². The van der Waals surface area contributed by atoms with Gasteiger partial charge < -0.3 is 0 Å². The van der Waals surface area contributed by atoms with Crippen molar-refractivity contribution in [2.75, 3.05) is 0 Å². The quantitative estimate of drug-likeness (QED) is 0.648. The largest absolute Gasteiger partial charge is 0.265 e. The van der Waals surface area contributed by atoms with Crippen LogP contribution >= 0.6 is 0 Å². The molecule has 0 amide bonds. The van der Waals surface area contributed by atoms with Gasteiger partial charge in [-0.15, -0.1) is 0 Å². The minimum atomic E-state index is 1.21. The van der Waals surface area contributed by atoms with Gasteiger partial charge in [-0.05, 0) is 43.2 Å². The molecule has 0 aliphatic rings. The van der Waals surface area contributed by atoms with Gasteiger partial charge in [-0.25, -0.2) is 0 Å². The van der Waals surface area contributed by atoms with Crippen molar-refractivity contribution in [3.8, 4) is 0 Å². The van der Waals surface area contributed by atoms with E-state index in [1.165, 1.54) is 17.5 Å². The number of hydrogen-bond donors (Lipinski definition) is 0. The Labute approximate surface area is 118 Å². The first kappa shape index (κ1) is 19.6. The van der Waals surface area contributed by atoms with E-state index in [0.29, 0.717) is 0 Å². The SMILES string of the molecule is CC.CCC.Cc1cccnc1.Cc1ccncc1. The molecule has 2 rings (SSSR count). The Morgan fingerprint density at radius 2 is 1.32 bits per heavy atom. The Morgan fingerprint density at radius 1 is 0.789 bits per heavy atom. The summed E-state index contributed by atoms with van der Waals surface area (Å²) in [6.45, 7) is 12.3. The molecule has 0 N–H and O–H groups in total. The van der Waals surface area contributed by atoms with Crippen LogP contribution in [0, 0.1) is 13.8 Å². The lowest BCUT2D eigenvalue weighted by Crippen LogP contribution is -1.69. The zero-order valence-corrected chi connectivity index (χ0v) is 13.2. The molecule has 19 heavy (non-hydrogen) atoms. The molecule has 0 saturated carbocycles. The third kappa shape index (κ3) is 16.3. The van der Waals surface area contributed by atoms with Gasteiger partial charge in [0.05, 0.1) is 0 Å². The minimum Gasteiger partial charge on any atom is -0.265 e.